The smallest absolute Gasteiger partial charge is 0.408 e. The maximum Gasteiger partial charge on any atom is 0.408 e. The van der Waals surface area contributed by atoms with E-state index in [0.29, 0.717) is 12.4 Å². The van der Waals surface area contributed by atoms with E-state index >= 15 is 0 Å². The molecule has 0 aliphatic carbocycles. The first kappa shape index (κ1) is 21.5. The second kappa shape index (κ2) is 9.82. The summed E-state index contributed by atoms with van der Waals surface area (Å²) in [6.07, 6.45) is 1.29. The third-order valence-corrected chi connectivity index (χ3v) is 3.30. The minimum absolute atomic E-state index is 0.285. The van der Waals surface area contributed by atoms with Gasteiger partial charge in [0.25, 0.3) is 5.91 Å². The molecule has 0 bridgehead atoms. The first-order valence-electron chi connectivity index (χ1n) is 8.30. The molecule has 0 saturated heterocycles. The van der Waals surface area contributed by atoms with Gasteiger partial charge < -0.3 is 14.8 Å². The number of carbonyl (C=O) groups excluding carboxylic acids is 2. The van der Waals surface area contributed by atoms with Crippen molar-refractivity contribution in [1.82, 2.24) is 10.4 Å². The zero-order valence-electron chi connectivity index (χ0n) is 16.1. The van der Waals surface area contributed by atoms with E-state index in [1.54, 1.807) is 39.0 Å². The number of nitrogens with zero attached hydrogens (tertiary/aromatic N) is 1. The van der Waals surface area contributed by atoms with Crippen molar-refractivity contribution < 1.29 is 23.9 Å². The summed E-state index contributed by atoms with van der Waals surface area (Å²) in [5.74, 6) is 0.316. The Morgan fingerprint density at radius 2 is 1.88 bits per heavy atom. The molecule has 1 N–H and O–H groups in total. The Morgan fingerprint density at radius 1 is 1.27 bits per heavy atom. The van der Waals surface area contributed by atoms with Gasteiger partial charge in [-0.3, -0.25) is 9.63 Å². The molecule has 2 amide bonds. The van der Waals surface area contributed by atoms with Gasteiger partial charge in [0.2, 0.25) is 0 Å². The molecule has 1 rings (SSSR count). The van der Waals surface area contributed by atoms with Crippen molar-refractivity contribution in [2.24, 2.45) is 0 Å². The number of rotatable bonds is 8. The van der Waals surface area contributed by atoms with Gasteiger partial charge in [-0.05, 0) is 38.5 Å². The number of hydroxylamine groups is 2. The zero-order valence-corrected chi connectivity index (χ0v) is 16.1. The maximum atomic E-state index is 12.5. The van der Waals surface area contributed by atoms with E-state index in [0.717, 1.165) is 10.6 Å². The van der Waals surface area contributed by atoms with Crippen LogP contribution in [0, 0.1) is 0 Å². The summed E-state index contributed by atoms with van der Waals surface area (Å²) in [7, 11) is 2.87. The van der Waals surface area contributed by atoms with Crippen LogP contribution in [-0.2, 0) is 20.8 Å². The molecule has 1 aromatic carbocycles. The molecule has 1 atom stereocenters. The average molecular weight is 364 g/mol. The number of ether oxygens (including phenoxy) is 2. The van der Waals surface area contributed by atoms with Gasteiger partial charge in [-0.1, -0.05) is 24.8 Å². The van der Waals surface area contributed by atoms with Gasteiger partial charge in [0.15, 0.2) is 0 Å². The van der Waals surface area contributed by atoms with Crippen molar-refractivity contribution in [2.45, 2.75) is 38.8 Å². The molecule has 7 nitrogen and oxygen atoms in total. The van der Waals surface area contributed by atoms with Crippen molar-refractivity contribution in [1.29, 1.82) is 0 Å². The summed E-state index contributed by atoms with van der Waals surface area (Å²) in [6.45, 7) is 9.28. The molecule has 0 radical (unpaired) electrons. The molecule has 26 heavy (non-hydrogen) atoms. The summed E-state index contributed by atoms with van der Waals surface area (Å²) in [5, 5.41) is 3.68. The fourth-order valence-electron chi connectivity index (χ4n) is 2.07. The van der Waals surface area contributed by atoms with Crippen molar-refractivity contribution >= 4 is 12.0 Å². The Morgan fingerprint density at radius 3 is 2.38 bits per heavy atom. The number of nitrogens with one attached hydrogen (secondary N) is 1. The van der Waals surface area contributed by atoms with Gasteiger partial charge in [0.1, 0.15) is 24.0 Å². The van der Waals surface area contributed by atoms with Gasteiger partial charge in [-0.2, -0.15) is 0 Å². The number of amides is 2. The lowest BCUT2D eigenvalue weighted by atomic mass is 10.1. The van der Waals surface area contributed by atoms with Crippen LogP contribution in [0.2, 0.25) is 0 Å². The van der Waals surface area contributed by atoms with Gasteiger partial charge >= 0.3 is 6.09 Å². The number of alkyl carbamates (subject to hydrolysis) is 1. The lowest BCUT2D eigenvalue weighted by Crippen LogP contribution is -2.49. The Labute approximate surface area is 154 Å². The predicted molar refractivity (Wildman–Crippen MR) is 98.8 cm³/mol. The van der Waals surface area contributed by atoms with E-state index in [9.17, 15) is 9.59 Å². The van der Waals surface area contributed by atoms with E-state index in [4.69, 9.17) is 14.3 Å². The lowest BCUT2D eigenvalue weighted by Gasteiger charge is -2.25. The normalized spacial score (nSPS) is 12.0. The largest absolute Gasteiger partial charge is 0.490 e. The van der Waals surface area contributed by atoms with E-state index in [1.165, 1.54) is 14.2 Å². The Kier molecular flexibility index (Phi) is 8.12. The van der Waals surface area contributed by atoms with E-state index in [2.05, 4.69) is 11.9 Å². The molecule has 0 heterocycles. The SMILES string of the molecule is C=CCOc1ccc(C[C@H](NC(=O)OC(C)(C)C)C(=O)N(C)OC)cc1. The van der Waals surface area contributed by atoms with Crippen LogP contribution in [-0.4, -0.2) is 49.5 Å². The third-order valence-electron chi connectivity index (χ3n) is 3.30. The number of carbonyl (C=O) groups is 2. The van der Waals surface area contributed by atoms with E-state index < -0.39 is 17.7 Å². The molecule has 0 aromatic heterocycles. The number of hydrogen-bond donors (Lipinski definition) is 1. The van der Waals surface area contributed by atoms with Crippen LogP contribution < -0.4 is 10.1 Å². The second-order valence-corrected chi connectivity index (χ2v) is 6.66. The molecule has 0 spiro atoms. The number of likely N-dealkylation sites (N-methyl/N-ethyl adjacent to an activating group) is 1. The van der Waals surface area contributed by atoms with Crippen molar-refractivity contribution in [3.63, 3.8) is 0 Å². The molecular formula is C19H28N2O5. The van der Waals surface area contributed by atoms with Crippen LogP contribution >= 0.6 is 0 Å². The standard InChI is InChI=1S/C19H28N2O5/c1-7-12-25-15-10-8-14(9-11-15)13-16(17(22)21(5)24-6)20-18(23)26-19(2,3)4/h7-11,16H,1,12-13H2,2-6H3,(H,20,23)/t16-/m0/s1. The number of benzene rings is 1. The fourth-order valence-corrected chi connectivity index (χ4v) is 2.07. The molecule has 1 aromatic rings. The molecule has 0 saturated carbocycles. The zero-order chi connectivity index (χ0) is 19.7. The first-order chi connectivity index (χ1) is 12.2. The summed E-state index contributed by atoms with van der Waals surface area (Å²) in [6, 6.07) is 6.45. The quantitative estimate of drug-likeness (QED) is 0.567. The molecule has 0 aliphatic rings. The molecule has 0 aliphatic heterocycles. The van der Waals surface area contributed by atoms with Crippen LogP contribution in [0.15, 0.2) is 36.9 Å². The Bertz CT molecular complexity index is 607. The van der Waals surface area contributed by atoms with Crippen LogP contribution in [0.4, 0.5) is 4.79 Å². The molecule has 144 valence electrons. The summed E-state index contributed by atoms with van der Waals surface area (Å²) < 4.78 is 10.7. The summed E-state index contributed by atoms with van der Waals surface area (Å²) in [4.78, 5) is 29.5. The molecule has 0 unspecified atom stereocenters. The predicted octanol–water partition coefficient (Wildman–Crippen LogP) is 2.71. The number of hydrogen-bond acceptors (Lipinski definition) is 5. The van der Waals surface area contributed by atoms with E-state index in [-0.39, 0.29) is 12.3 Å². The van der Waals surface area contributed by atoms with E-state index in [1.807, 2.05) is 12.1 Å². The van der Waals surface area contributed by atoms with Crippen LogP contribution in [0.5, 0.6) is 5.75 Å². The minimum Gasteiger partial charge on any atom is -0.490 e. The highest BCUT2D eigenvalue weighted by atomic mass is 16.7. The molecular weight excluding hydrogens is 336 g/mol. The van der Waals surface area contributed by atoms with Gasteiger partial charge in [-0.15, -0.1) is 0 Å². The van der Waals surface area contributed by atoms with Crippen molar-refractivity contribution in [2.75, 3.05) is 20.8 Å². The van der Waals surface area contributed by atoms with Gasteiger partial charge in [0.05, 0.1) is 7.11 Å². The van der Waals surface area contributed by atoms with Gasteiger partial charge in [-0.25, -0.2) is 9.86 Å². The summed E-state index contributed by atoms with van der Waals surface area (Å²) in [5.41, 5.74) is 0.199. The van der Waals surface area contributed by atoms with Crippen LogP contribution in [0.1, 0.15) is 26.3 Å². The molecule has 0 fully saturated rings. The summed E-state index contributed by atoms with van der Waals surface area (Å²) >= 11 is 0. The van der Waals surface area contributed by atoms with Crippen molar-refractivity contribution in [3.05, 3.63) is 42.5 Å². The van der Waals surface area contributed by atoms with Gasteiger partial charge in [0, 0.05) is 13.5 Å². The Balaban J connectivity index is 2.86. The first-order valence-corrected chi connectivity index (χ1v) is 8.30. The average Bonchev–Trinajstić information content (AvgIpc) is 2.57. The second-order valence-electron chi connectivity index (χ2n) is 6.66. The fraction of sp³-hybridized carbons (Fsp3) is 0.474. The monoisotopic (exact) mass is 364 g/mol. The van der Waals surface area contributed by atoms with Crippen molar-refractivity contribution in [3.8, 4) is 5.75 Å². The van der Waals surface area contributed by atoms with Crippen LogP contribution in [0.3, 0.4) is 0 Å². The van der Waals surface area contributed by atoms with Crippen LogP contribution in [0.25, 0.3) is 0 Å². The maximum absolute atomic E-state index is 12.5. The highest BCUT2D eigenvalue weighted by Gasteiger charge is 2.27. The highest BCUT2D eigenvalue weighted by Crippen LogP contribution is 2.15. The molecule has 7 heteroatoms. The topological polar surface area (TPSA) is 77.1 Å². The highest BCUT2D eigenvalue weighted by molar-refractivity contribution is 5.85. The Hall–Kier alpha value is -2.54. The minimum atomic E-state index is -0.824. The lowest BCUT2D eigenvalue weighted by molar-refractivity contribution is -0.171. The third kappa shape index (κ3) is 7.57.